The smallest absolute Gasteiger partial charge is 0.337 e. The maximum atomic E-state index is 11.9. The van der Waals surface area contributed by atoms with E-state index in [-0.39, 0.29) is 17.6 Å². The molecular formula is C35H41NO3. The largest absolute Gasteiger partial charge is 0.475 e. The van der Waals surface area contributed by atoms with Crippen molar-refractivity contribution in [3.05, 3.63) is 65.7 Å². The first-order valence-corrected chi connectivity index (χ1v) is 15.2. The van der Waals surface area contributed by atoms with Gasteiger partial charge in [-0.3, -0.25) is 4.90 Å². The van der Waals surface area contributed by atoms with Crippen LogP contribution in [0.25, 0.3) is 21.9 Å². The highest BCUT2D eigenvalue weighted by Crippen LogP contribution is 2.62. The Kier molecular flexibility index (Phi) is 6.42. The van der Waals surface area contributed by atoms with Gasteiger partial charge in [0.1, 0.15) is 12.0 Å². The van der Waals surface area contributed by atoms with Crippen LogP contribution in [0.1, 0.15) is 80.6 Å². The van der Waals surface area contributed by atoms with Crippen LogP contribution in [0.15, 0.2) is 54.6 Å². The highest BCUT2D eigenvalue weighted by Gasteiger charge is 2.52. The van der Waals surface area contributed by atoms with E-state index in [0.717, 1.165) is 42.2 Å². The Morgan fingerprint density at radius 1 is 0.821 bits per heavy atom. The molecule has 1 unspecified atom stereocenters. The van der Waals surface area contributed by atoms with Crippen LogP contribution >= 0.6 is 0 Å². The van der Waals surface area contributed by atoms with Crippen LogP contribution < -0.4 is 4.74 Å². The number of hydrogen-bond acceptors (Lipinski definition) is 4. The van der Waals surface area contributed by atoms with E-state index in [9.17, 15) is 4.79 Å². The van der Waals surface area contributed by atoms with E-state index in [0.29, 0.717) is 5.56 Å². The van der Waals surface area contributed by atoms with E-state index in [1.54, 1.807) is 0 Å². The summed E-state index contributed by atoms with van der Waals surface area (Å²) in [7, 11) is 1.42. The van der Waals surface area contributed by atoms with Crippen LogP contribution in [-0.4, -0.2) is 37.3 Å². The van der Waals surface area contributed by atoms with Gasteiger partial charge < -0.3 is 9.47 Å². The summed E-state index contributed by atoms with van der Waals surface area (Å²) in [6.45, 7) is 4.53. The fraction of sp³-hybridized carbons (Fsp3) is 0.514. The van der Waals surface area contributed by atoms with Gasteiger partial charge in [0, 0.05) is 18.7 Å². The van der Waals surface area contributed by atoms with E-state index < -0.39 is 0 Å². The second-order valence-electron chi connectivity index (χ2n) is 13.0. The van der Waals surface area contributed by atoms with Crippen molar-refractivity contribution >= 4 is 16.7 Å². The zero-order valence-corrected chi connectivity index (χ0v) is 23.5. The van der Waals surface area contributed by atoms with Gasteiger partial charge in [-0.05, 0) is 134 Å². The van der Waals surface area contributed by atoms with Crippen LogP contribution in [-0.2, 0) is 10.2 Å². The van der Waals surface area contributed by atoms with Gasteiger partial charge in [-0.1, -0.05) is 30.7 Å². The molecule has 5 aliphatic rings. The lowest BCUT2D eigenvalue weighted by molar-refractivity contribution is -0.0110. The second kappa shape index (κ2) is 9.96. The van der Waals surface area contributed by atoms with E-state index in [1.807, 2.05) is 24.3 Å². The maximum Gasteiger partial charge on any atom is 0.337 e. The molecule has 0 amide bonds. The molecule has 39 heavy (non-hydrogen) atoms. The Hall–Kier alpha value is -2.85. The minimum atomic E-state index is -0.299. The van der Waals surface area contributed by atoms with Crippen molar-refractivity contribution in [2.24, 2.45) is 17.8 Å². The maximum absolute atomic E-state index is 11.9. The molecule has 4 aliphatic carbocycles. The standard InChI is InChI=1S/C35H41NO3/c1-23(36-12-4-3-5-13-36)39-33-19-30-11-10-29(27-6-8-28(9-7-27)34(37)38-2)17-31(30)18-32(33)35-20-24-14-25(21-35)16-26(15-24)22-35/h6-11,17-19,23-26H,3-5,12-16,20-22H2,1-2H3. The van der Waals surface area contributed by atoms with E-state index in [4.69, 9.17) is 9.47 Å². The molecule has 0 N–H and O–H groups in total. The molecular weight excluding hydrogens is 482 g/mol. The summed E-state index contributed by atoms with van der Waals surface area (Å²) < 4.78 is 11.8. The SMILES string of the molecule is COC(=O)c1ccc(-c2ccc3cc(OC(C)N4CCCCC4)c(C45CC6CC(CC(C6)C4)C5)cc3c2)cc1. The Balaban J connectivity index is 1.28. The first kappa shape index (κ1) is 25.1. The molecule has 4 saturated carbocycles. The molecule has 4 heteroatoms. The molecule has 204 valence electrons. The highest BCUT2D eigenvalue weighted by molar-refractivity contribution is 5.92. The number of rotatable bonds is 6. The zero-order valence-electron chi connectivity index (χ0n) is 23.5. The number of benzene rings is 3. The van der Waals surface area contributed by atoms with Crippen molar-refractivity contribution in [3.8, 4) is 16.9 Å². The number of hydrogen-bond donors (Lipinski definition) is 0. The Labute approximate surface area is 232 Å². The van der Waals surface area contributed by atoms with Crippen LogP contribution in [0.3, 0.4) is 0 Å². The first-order chi connectivity index (χ1) is 19.0. The third-order valence-corrected chi connectivity index (χ3v) is 10.4. The monoisotopic (exact) mass is 523 g/mol. The lowest BCUT2D eigenvalue weighted by Crippen LogP contribution is -2.49. The summed E-state index contributed by atoms with van der Waals surface area (Å²) in [4.78, 5) is 14.4. The summed E-state index contributed by atoms with van der Waals surface area (Å²) >= 11 is 0. The summed E-state index contributed by atoms with van der Waals surface area (Å²) in [5.74, 6) is 3.49. The molecule has 4 nitrogen and oxygen atoms in total. The number of methoxy groups -OCH3 is 1. The number of ether oxygens (including phenoxy) is 2. The highest BCUT2D eigenvalue weighted by atomic mass is 16.5. The minimum Gasteiger partial charge on any atom is -0.475 e. The molecule has 5 fully saturated rings. The van der Waals surface area contributed by atoms with Crippen molar-refractivity contribution in [2.45, 2.75) is 76.4 Å². The van der Waals surface area contributed by atoms with E-state index in [1.165, 1.54) is 86.8 Å². The molecule has 3 aromatic carbocycles. The van der Waals surface area contributed by atoms with Crippen molar-refractivity contribution in [3.63, 3.8) is 0 Å². The zero-order chi connectivity index (χ0) is 26.6. The van der Waals surface area contributed by atoms with Crippen molar-refractivity contribution < 1.29 is 14.3 Å². The average molecular weight is 524 g/mol. The molecule has 4 bridgehead atoms. The fourth-order valence-electron chi connectivity index (χ4n) is 8.87. The molecule has 1 aliphatic heterocycles. The molecule has 1 atom stereocenters. The molecule has 0 spiro atoms. The average Bonchev–Trinajstić information content (AvgIpc) is 2.96. The van der Waals surface area contributed by atoms with Crippen LogP contribution in [0.4, 0.5) is 0 Å². The van der Waals surface area contributed by atoms with Crippen molar-refractivity contribution in [2.75, 3.05) is 20.2 Å². The lowest BCUT2D eigenvalue weighted by atomic mass is 9.48. The number of fused-ring (bicyclic) bond motifs is 1. The van der Waals surface area contributed by atoms with Crippen LogP contribution in [0, 0.1) is 17.8 Å². The number of esters is 1. The summed E-state index contributed by atoms with van der Waals surface area (Å²) in [5.41, 5.74) is 4.59. The van der Waals surface area contributed by atoms with Gasteiger partial charge in [0.25, 0.3) is 0 Å². The topological polar surface area (TPSA) is 38.8 Å². The molecule has 0 radical (unpaired) electrons. The Bertz CT molecular complexity index is 1340. The Morgan fingerprint density at radius 3 is 2.10 bits per heavy atom. The van der Waals surface area contributed by atoms with Crippen LogP contribution in [0.5, 0.6) is 5.75 Å². The van der Waals surface area contributed by atoms with Gasteiger partial charge in [0.15, 0.2) is 0 Å². The predicted molar refractivity (Wildman–Crippen MR) is 156 cm³/mol. The van der Waals surface area contributed by atoms with Gasteiger partial charge >= 0.3 is 5.97 Å². The van der Waals surface area contributed by atoms with Crippen LogP contribution in [0.2, 0.25) is 0 Å². The van der Waals surface area contributed by atoms with Gasteiger partial charge in [-0.2, -0.15) is 0 Å². The van der Waals surface area contributed by atoms with Gasteiger partial charge in [-0.25, -0.2) is 4.79 Å². The second-order valence-corrected chi connectivity index (χ2v) is 13.0. The normalized spacial score (nSPS) is 28.9. The third-order valence-electron chi connectivity index (χ3n) is 10.4. The third kappa shape index (κ3) is 4.65. The molecule has 1 saturated heterocycles. The molecule has 8 rings (SSSR count). The lowest BCUT2D eigenvalue weighted by Gasteiger charge is -2.57. The predicted octanol–water partition coefficient (Wildman–Crippen LogP) is 7.97. The summed E-state index contributed by atoms with van der Waals surface area (Å²) in [6.07, 6.45) is 12.3. The van der Waals surface area contributed by atoms with Crippen molar-refractivity contribution in [1.82, 2.24) is 4.90 Å². The van der Waals surface area contributed by atoms with Gasteiger partial charge in [0.05, 0.1) is 12.7 Å². The number of piperidine rings is 1. The number of nitrogens with zero attached hydrogens (tertiary/aromatic N) is 1. The number of likely N-dealkylation sites (tertiary alicyclic amines) is 1. The van der Waals surface area contributed by atoms with Gasteiger partial charge in [-0.15, -0.1) is 0 Å². The molecule has 0 aromatic heterocycles. The van der Waals surface area contributed by atoms with E-state index >= 15 is 0 Å². The Morgan fingerprint density at radius 2 is 1.46 bits per heavy atom. The summed E-state index contributed by atoms with van der Waals surface area (Å²) in [5, 5.41) is 2.52. The molecule has 1 heterocycles. The van der Waals surface area contributed by atoms with E-state index in [2.05, 4.69) is 42.2 Å². The minimum absolute atomic E-state index is 0.100. The first-order valence-electron chi connectivity index (χ1n) is 15.2. The fourth-order valence-corrected chi connectivity index (χ4v) is 8.87. The quantitative estimate of drug-likeness (QED) is 0.307. The number of carbonyl (C=O) groups is 1. The van der Waals surface area contributed by atoms with Crippen molar-refractivity contribution in [1.29, 1.82) is 0 Å². The molecule has 3 aromatic rings. The van der Waals surface area contributed by atoms with Gasteiger partial charge in [0.2, 0.25) is 0 Å². The summed E-state index contributed by atoms with van der Waals surface area (Å²) in [6, 6.07) is 19.3. The number of carbonyl (C=O) groups excluding carboxylic acids is 1.